The molecule has 0 aliphatic carbocycles. The van der Waals surface area contributed by atoms with E-state index in [1.165, 1.54) is 0 Å². The van der Waals surface area contributed by atoms with Gasteiger partial charge in [0, 0.05) is 32.8 Å². The molecule has 1 N–H and O–H groups in total. The van der Waals surface area contributed by atoms with Gasteiger partial charge in [0.05, 0.1) is 0 Å². The molecule has 5 nitrogen and oxygen atoms in total. The van der Waals surface area contributed by atoms with E-state index in [0.29, 0.717) is 24.6 Å². The molecule has 3 rings (SSSR count). The molecule has 0 saturated heterocycles. The number of carbonyl (C=O) groups is 1. The van der Waals surface area contributed by atoms with Crippen LogP contribution in [0.2, 0.25) is 0 Å². The fourth-order valence-corrected chi connectivity index (χ4v) is 3.21. The second-order valence-electron chi connectivity index (χ2n) is 5.36. The maximum Gasteiger partial charge on any atom is 0.227 e. The molecule has 0 atom stereocenters. The number of aromatic nitrogens is 2. The van der Waals surface area contributed by atoms with Gasteiger partial charge in [0.1, 0.15) is 0 Å². The number of aryl methyl sites for hydroxylation is 2. The lowest BCUT2D eigenvalue weighted by Gasteiger charge is -2.06. The summed E-state index contributed by atoms with van der Waals surface area (Å²) >= 11 is 5.10. The van der Waals surface area contributed by atoms with Crippen LogP contribution in [0, 0.1) is 6.92 Å². The van der Waals surface area contributed by atoms with E-state index in [1.54, 1.807) is 18.7 Å². The normalized spacial score (nSPS) is 10.6. The first-order valence-electron chi connectivity index (χ1n) is 7.71. The van der Waals surface area contributed by atoms with E-state index >= 15 is 0 Å². The van der Waals surface area contributed by atoms with Crippen LogP contribution < -0.4 is 5.32 Å². The van der Waals surface area contributed by atoms with Crippen molar-refractivity contribution in [2.24, 2.45) is 0 Å². The van der Waals surface area contributed by atoms with Crippen LogP contribution in [0.5, 0.6) is 0 Å². The molecule has 1 aromatic heterocycles. The van der Waals surface area contributed by atoms with Crippen molar-refractivity contribution >= 4 is 39.3 Å². The summed E-state index contributed by atoms with van der Waals surface area (Å²) in [7, 11) is 0. The van der Waals surface area contributed by atoms with Crippen molar-refractivity contribution in [3.05, 3.63) is 64.7 Å². The minimum Gasteiger partial charge on any atom is -0.339 e. The van der Waals surface area contributed by atoms with Crippen LogP contribution in [0.1, 0.15) is 18.1 Å². The van der Waals surface area contributed by atoms with Gasteiger partial charge in [-0.2, -0.15) is 4.98 Å². The van der Waals surface area contributed by atoms with Gasteiger partial charge in [0.25, 0.3) is 0 Å². The molecule has 0 aliphatic heterocycles. The highest BCUT2D eigenvalue weighted by Crippen LogP contribution is 2.29. The molecule has 3 aromatic rings. The van der Waals surface area contributed by atoms with Gasteiger partial charge in [-0.05, 0) is 55.5 Å². The van der Waals surface area contributed by atoms with Gasteiger partial charge in [-0.3, -0.25) is 4.79 Å². The van der Waals surface area contributed by atoms with E-state index in [9.17, 15) is 4.79 Å². The van der Waals surface area contributed by atoms with E-state index in [4.69, 9.17) is 4.52 Å². The summed E-state index contributed by atoms with van der Waals surface area (Å²) in [5.41, 5.74) is 0.770. The van der Waals surface area contributed by atoms with E-state index in [1.807, 2.05) is 36.4 Å². The number of benzene rings is 2. The first-order valence-corrected chi connectivity index (χ1v) is 9.32. The zero-order valence-corrected chi connectivity index (χ0v) is 15.9. The molecule has 2 aromatic carbocycles. The van der Waals surface area contributed by atoms with Gasteiger partial charge in [-0.15, -0.1) is 0 Å². The number of hydrogen-bond donors (Lipinski definition) is 1. The van der Waals surface area contributed by atoms with Crippen LogP contribution in [-0.2, 0) is 11.2 Å². The third-order valence-corrected chi connectivity index (χ3v) is 4.87. The monoisotopic (exact) mass is 417 g/mol. The third kappa shape index (κ3) is 5.44. The van der Waals surface area contributed by atoms with Gasteiger partial charge in [0.15, 0.2) is 5.82 Å². The Balaban J connectivity index is 1.51. The molecule has 1 amide bonds. The molecule has 0 bridgehead atoms. The van der Waals surface area contributed by atoms with E-state index < -0.39 is 0 Å². The van der Waals surface area contributed by atoms with Crippen molar-refractivity contribution in [1.82, 2.24) is 10.1 Å². The lowest BCUT2D eigenvalue weighted by Crippen LogP contribution is -2.12. The fraction of sp³-hybridized carbons (Fsp3) is 0.167. The fourth-order valence-electron chi connectivity index (χ4n) is 2.13. The zero-order valence-electron chi connectivity index (χ0n) is 13.5. The molecular formula is C18H16BrN3O2S. The van der Waals surface area contributed by atoms with Gasteiger partial charge >= 0.3 is 0 Å². The Morgan fingerprint density at radius 2 is 1.76 bits per heavy atom. The second kappa shape index (κ2) is 8.31. The molecule has 0 unspecified atom stereocenters. The molecule has 0 radical (unpaired) electrons. The Hall–Kier alpha value is -2.12. The van der Waals surface area contributed by atoms with E-state index in [2.05, 4.69) is 43.5 Å². The lowest BCUT2D eigenvalue weighted by molar-refractivity contribution is -0.116. The van der Waals surface area contributed by atoms with Gasteiger partial charge < -0.3 is 9.84 Å². The quantitative estimate of drug-likeness (QED) is 0.619. The molecule has 0 saturated carbocycles. The van der Waals surface area contributed by atoms with Crippen LogP contribution in [0.25, 0.3) is 0 Å². The molecule has 1 heterocycles. The third-order valence-electron chi connectivity index (χ3n) is 3.32. The molecular weight excluding hydrogens is 402 g/mol. The largest absolute Gasteiger partial charge is 0.339 e. The van der Waals surface area contributed by atoms with Crippen LogP contribution in [0.4, 0.5) is 5.69 Å². The summed E-state index contributed by atoms with van der Waals surface area (Å²) in [6.07, 6.45) is 0.737. The van der Waals surface area contributed by atoms with Crippen molar-refractivity contribution < 1.29 is 9.32 Å². The van der Waals surface area contributed by atoms with E-state index in [0.717, 1.165) is 20.0 Å². The summed E-state index contributed by atoms with van der Waals surface area (Å²) in [6.45, 7) is 1.75. The Labute approximate surface area is 158 Å². The number of anilines is 1. The minimum absolute atomic E-state index is 0.0795. The number of nitrogens with one attached hydrogen (secondary N) is 1. The van der Waals surface area contributed by atoms with Crippen molar-refractivity contribution in [3.63, 3.8) is 0 Å². The molecule has 0 aliphatic rings. The predicted octanol–water partition coefficient (Wildman–Crippen LogP) is 4.86. The number of amides is 1. The summed E-state index contributed by atoms with van der Waals surface area (Å²) in [5, 5.41) is 6.58. The average Bonchev–Trinajstić information content (AvgIpc) is 3.02. The SMILES string of the molecule is Cc1noc(CCC(=O)Nc2ccc(Sc3ccc(Br)cc3)cc2)n1. The standard InChI is InChI=1S/C18H16BrN3O2S/c1-12-20-18(24-22-12)11-10-17(23)21-14-4-8-16(9-5-14)25-15-6-2-13(19)3-7-15/h2-9H,10-11H2,1H3,(H,21,23). The van der Waals surface area contributed by atoms with Gasteiger partial charge in [-0.1, -0.05) is 32.8 Å². The van der Waals surface area contributed by atoms with Crippen molar-refractivity contribution in [2.45, 2.75) is 29.6 Å². The highest BCUT2D eigenvalue weighted by molar-refractivity contribution is 9.10. The Morgan fingerprint density at radius 3 is 2.36 bits per heavy atom. The maximum atomic E-state index is 12.0. The van der Waals surface area contributed by atoms with Gasteiger partial charge in [-0.25, -0.2) is 0 Å². The lowest BCUT2D eigenvalue weighted by atomic mass is 10.2. The summed E-state index contributed by atoms with van der Waals surface area (Å²) < 4.78 is 6.06. The number of rotatable bonds is 6. The predicted molar refractivity (Wildman–Crippen MR) is 101 cm³/mol. The molecule has 0 spiro atoms. The zero-order chi connectivity index (χ0) is 17.6. The Bertz CT molecular complexity index is 848. The average molecular weight is 418 g/mol. The van der Waals surface area contributed by atoms with Crippen molar-refractivity contribution in [3.8, 4) is 0 Å². The van der Waals surface area contributed by atoms with E-state index in [-0.39, 0.29) is 5.91 Å². The van der Waals surface area contributed by atoms with Gasteiger partial charge in [0.2, 0.25) is 11.8 Å². The molecule has 25 heavy (non-hydrogen) atoms. The topological polar surface area (TPSA) is 68.0 Å². The van der Waals surface area contributed by atoms with Crippen LogP contribution in [0.15, 0.2) is 67.3 Å². The summed E-state index contributed by atoms with van der Waals surface area (Å²) in [4.78, 5) is 18.3. The second-order valence-corrected chi connectivity index (χ2v) is 7.43. The number of carbonyl (C=O) groups excluding carboxylic acids is 1. The van der Waals surface area contributed by atoms with Crippen LogP contribution in [0.3, 0.4) is 0 Å². The highest BCUT2D eigenvalue weighted by atomic mass is 79.9. The number of halogens is 1. The highest BCUT2D eigenvalue weighted by Gasteiger charge is 2.08. The molecule has 128 valence electrons. The minimum atomic E-state index is -0.0795. The molecule has 0 fully saturated rings. The Morgan fingerprint density at radius 1 is 1.12 bits per heavy atom. The van der Waals surface area contributed by atoms with Crippen LogP contribution >= 0.6 is 27.7 Å². The number of nitrogens with zero attached hydrogens (tertiary/aromatic N) is 2. The summed E-state index contributed by atoms with van der Waals surface area (Å²) in [6, 6.07) is 15.9. The number of hydrogen-bond acceptors (Lipinski definition) is 5. The maximum absolute atomic E-state index is 12.0. The first-order chi connectivity index (χ1) is 12.1. The van der Waals surface area contributed by atoms with Crippen molar-refractivity contribution in [1.29, 1.82) is 0 Å². The summed E-state index contributed by atoms with van der Waals surface area (Å²) in [5.74, 6) is 0.979. The molecule has 7 heteroatoms. The first kappa shape index (κ1) is 17.7. The van der Waals surface area contributed by atoms with Crippen molar-refractivity contribution in [2.75, 3.05) is 5.32 Å². The van der Waals surface area contributed by atoms with Crippen LogP contribution in [-0.4, -0.2) is 16.0 Å². The Kier molecular flexibility index (Phi) is 5.88. The smallest absolute Gasteiger partial charge is 0.227 e.